The van der Waals surface area contributed by atoms with Gasteiger partial charge in [-0.2, -0.15) is 0 Å². The zero-order chi connectivity index (χ0) is 22.1. The molecule has 0 aliphatic carbocycles. The lowest BCUT2D eigenvalue weighted by atomic mass is 10.1. The largest absolute Gasteiger partial charge is 0.462 e. The van der Waals surface area contributed by atoms with Crippen LogP contribution in [0, 0.1) is 0 Å². The highest BCUT2D eigenvalue weighted by atomic mass is 32.1. The van der Waals surface area contributed by atoms with Crippen LogP contribution < -0.4 is 5.32 Å². The van der Waals surface area contributed by atoms with E-state index >= 15 is 0 Å². The number of ether oxygens (including phenoxy) is 1. The monoisotopic (exact) mass is 454 g/mol. The van der Waals surface area contributed by atoms with Gasteiger partial charge in [-0.1, -0.05) is 18.2 Å². The van der Waals surface area contributed by atoms with E-state index in [9.17, 15) is 19.2 Å². The van der Waals surface area contributed by atoms with E-state index in [-0.39, 0.29) is 23.3 Å². The minimum atomic E-state index is -1.06. The van der Waals surface area contributed by atoms with Crippen molar-refractivity contribution in [2.75, 3.05) is 11.9 Å². The van der Waals surface area contributed by atoms with Gasteiger partial charge in [-0.3, -0.25) is 19.3 Å². The SMILES string of the molecule is CCOC(=O)c1c(-c2cccs2)csc1NC(=O)C(C)N1C(=O)c2ccccc2C1=O. The lowest BCUT2D eigenvalue weighted by molar-refractivity contribution is -0.119. The summed E-state index contributed by atoms with van der Waals surface area (Å²) < 4.78 is 5.19. The molecule has 0 fully saturated rings. The Bertz CT molecular complexity index is 1150. The molecule has 2 aromatic heterocycles. The average molecular weight is 455 g/mol. The summed E-state index contributed by atoms with van der Waals surface area (Å²) >= 11 is 2.66. The summed E-state index contributed by atoms with van der Waals surface area (Å²) in [6.45, 7) is 3.38. The minimum absolute atomic E-state index is 0.192. The van der Waals surface area contributed by atoms with E-state index in [2.05, 4.69) is 5.32 Å². The van der Waals surface area contributed by atoms with Crippen LogP contribution >= 0.6 is 22.7 Å². The zero-order valence-corrected chi connectivity index (χ0v) is 18.3. The molecule has 1 aliphatic rings. The second-order valence-corrected chi connectivity index (χ2v) is 8.57. The molecule has 1 unspecified atom stereocenters. The molecular weight excluding hydrogens is 436 g/mol. The van der Waals surface area contributed by atoms with Crippen molar-refractivity contribution in [1.82, 2.24) is 4.90 Å². The molecular formula is C22H18N2O5S2. The van der Waals surface area contributed by atoms with Gasteiger partial charge in [0.15, 0.2) is 0 Å². The summed E-state index contributed by atoms with van der Waals surface area (Å²) in [7, 11) is 0. The van der Waals surface area contributed by atoms with E-state index in [1.165, 1.54) is 29.6 Å². The number of hydrogen-bond donors (Lipinski definition) is 1. The highest BCUT2D eigenvalue weighted by Crippen LogP contribution is 2.38. The molecule has 1 aromatic carbocycles. The van der Waals surface area contributed by atoms with E-state index in [1.807, 2.05) is 17.5 Å². The number of hydrogen-bond acceptors (Lipinski definition) is 7. The fourth-order valence-corrected chi connectivity index (χ4v) is 5.14. The van der Waals surface area contributed by atoms with Crippen LogP contribution in [0.25, 0.3) is 10.4 Å². The third-order valence-electron chi connectivity index (χ3n) is 4.89. The predicted octanol–water partition coefficient (Wildman–Crippen LogP) is 4.28. The molecule has 3 aromatic rings. The van der Waals surface area contributed by atoms with Gasteiger partial charge < -0.3 is 10.1 Å². The molecule has 158 valence electrons. The van der Waals surface area contributed by atoms with Gasteiger partial charge in [0, 0.05) is 15.8 Å². The van der Waals surface area contributed by atoms with Crippen LogP contribution in [-0.2, 0) is 9.53 Å². The van der Waals surface area contributed by atoms with E-state index in [4.69, 9.17) is 4.74 Å². The normalized spacial score (nSPS) is 13.8. The molecule has 0 radical (unpaired) electrons. The zero-order valence-electron chi connectivity index (χ0n) is 16.7. The Morgan fingerprint density at radius 3 is 2.29 bits per heavy atom. The van der Waals surface area contributed by atoms with Crippen molar-refractivity contribution in [2.24, 2.45) is 0 Å². The van der Waals surface area contributed by atoms with Crippen LogP contribution in [0.1, 0.15) is 44.9 Å². The van der Waals surface area contributed by atoms with Crippen molar-refractivity contribution >= 4 is 51.4 Å². The van der Waals surface area contributed by atoms with Gasteiger partial charge in [0.05, 0.1) is 17.7 Å². The van der Waals surface area contributed by atoms with Gasteiger partial charge in [-0.15, -0.1) is 22.7 Å². The number of nitrogens with zero attached hydrogens (tertiary/aromatic N) is 1. The van der Waals surface area contributed by atoms with Crippen molar-refractivity contribution < 1.29 is 23.9 Å². The fourth-order valence-electron chi connectivity index (χ4n) is 3.36. The summed E-state index contributed by atoms with van der Waals surface area (Å²) in [5.41, 5.74) is 1.48. The lowest BCUT2D eigenvalue weighted by Crippen LogP contribution is -2.45. The fraction of sp³-hybridized carbons (Fsp3) is 0.182. The minimum Gasteiger partial charge on any atom is -0.462 e. The van der Waals surface area contributed by atoms with E-state index < -0.39 is 29.7 Å². The molecule has 1 N–H and O–H groups in total. The molecule has 1 aliphatic heterocycles. The number of anilines is 1. The van der Waals surface area contributed by atoms with Crippen molar-refractivity contribution in [3.63, 3.8) is 0 Å². The first-order valence-electron chi connectivity index (χ1n) is 9.54. The maximum atomic E-state index is 13.0. The standard InChI is InChI=1S/C22H18N2O5S2/c1-3-29-22(28)17-15(16-9-6-10-30-16)11-31-19(17)23-18(25)12(2)24-20(26)13-7-4-5-8-14(13)21(24)27/h4-12H,3H2,1-2H3,(H,23,25). The number of carbonyl (C=O) groups excluding carboxylic acids is 4. The summed E-state index contributed by atoms with van der Waals surface area (Å²) in [6.07, 6.45) is 0. The van der Waals surface area contributed by atoms with Crippen LogP contribution in [0.15, 0.2) is 47.2 Å². The smallest absolute Gasteiger partial charge is 0.341 e. The second-order valence-electron chi connectivity index (χ2n) is 6.74. The first-order valence-corrected chi connectivity index (χ1v) is 11.3. The summed E-state index contributed by atoms with van der Waals surface area (Å²) in [6, 6.07) is 9.15. The van der Waals surface area contributed by atoms with Crippen LogP contribution in [0.2, 0.25) is 0 Å². The van der Waals surface area contributed by atoms with E-state index in [0.29, 0.717) is 10.6 Å². The van der Waals surface area contributed by atoms with Crippen molar-refractivity contribution in [3.05, 3.63) is 63.8 Å². The maximum Gasteiger partial charge on any atom is 0.341 e. The van der Waals surface area contributed by atoms with Gasteiger partial charge in [0.1, 0.15) is 16.6 Å². The Morgan fingerprint density at radius 2 is 1.71 bits per heavy atom. The van der Waals surface area contributed by atoms with E-state index in [1.54, 1.807) is 36.6 Å². The van der Waals surface area contributed by atoms with Crippen LogP contribution in [0.4, 0.5) is 5.00 Å². The quantitative estimate of drug-likeness (QED) is 0.443. The Hall–Kier alpha value is -3.30. The van der Waals surface area contributed by atoms with Crippen LogP contribution in [0.3, 0.4) is 0 Å². The number of rotatable bonds is 6. The number of carbonyl (C=O) groups is 4. The van der Waals surface area contributed by atoms with Crippen LogP contribution in [-0.4, -0.2) is 41.2 Å². The van der Waals surface area contributed by atoms with Gasteiger partial charge in [-0.05, 0) is 37.4 Å². The molecule has 3 amide bonds. The number of nitrogens with one attached hydrogen (secondary N) is 1. The second kappa shape index (κ2) is 8.44. The average Bonchev–Trinajstić information content (AvgIpc) is 3.48. The maximum absolute atomic E-state index is 13.0. The Kier molecular flexibility index (Phi) is 5.71. The number of amides is 3. The number of thiophene rings is 2. The molecule has 7 nitrogen and oxygen atoms in total. The Labute approximate surface area is 186 Å². The molecule has 31 heavy (non-hydrogen) atoms. The van der Waals surface area contributed by atoms with Gasteiger partial charge in [0.25, 0.3) is 11.8 Å². The van der Waals surface area contributed by atoms with Crippen molar-refractivity contribution in [2.45, 2.75) is 19.9 Å². The van der Waals surface area contributed by atoms with Gasteiger partial charge in [0.2, 0.25) is 5.91 Å². The summed E-state index contributed by atoms with van der Waals surface area (Å²) in [4.78, 5) is 52.8. The molecule has 0 spiro atoms. The van der Waals surface area contributed by atoms with E-state index in [0.717, 1.165) is 9.78 Å². The lowest BCUT2D eigenvalue weighted by Gasteiger charge is -2.21. The highest BCUT2D eigenvalue weighted by molar-refractivity contribution is 7.17. The third kappa shape index (κ3) is 3.66. The highest BCUT2D eigenvalue weighted by Gasteiger charge is 2.41. The Morgan fingerprint density at radius 1 is 1.03 bits per heavy atom. The molecule has 0 saturated heterocycles. The molecule has 0 bridgehead atoms. The number of esters is 1. The summed E-state index contributed by atoms with van der Waals surface area (Å²) in [5, 5.41) is 6.70. The molecule has 9 heteroatoms. The van der Waals surface area contributed by atoms with Crippen molar-refractivity contribution in [1.29, 1.82) is 0 Å². The van der Waals surface area contributed by atoms with Gasteiger partial charge in [-0.25, -0.2) is 4.79 Å². The molecule has 3 heterocycles. The number of fused-ring (bicyclic) bond motifs is 1. The summed E-state index contributed by atoms with van der Waals surface area (Å²) in [5.74, 6) is -2.14. The Balaban J connectivity index is 1.61. The first-order chi connectivity index (χ1) is 14.9. The first kappa shape index (κ1) is 21.0. The third-order valence-corrected chi connectivity index (χ3v) is 6.68. The van der Waals surface area contributed by atoms with Gasteiger partial charge >= 0.3 is 5.97 Å². The number of benzene rings is 1. The molecule has 0 saturated carbocycles. The molecule has 4 rings (SSSR count). The predicted molar refractivity (Wildman–Crippen MR) is 119 cm³/mol. The number of imide groups is 1. The van der Waals surface area contributed by atoms with Crippen LogP contribution in [0.5, 0.6) is 0 Å². The topological polar surface area (TPSA) is 92.8 Å². The van der Waals surface area contributed by atoms with Crippen molar-refractivity contribution in [3.8, 4) is 10.4 Å². The molecule has 1 atom stereocenters.